The Hall–Kier alpha value is -3.86. The summed E-state index contributed by atoms with van der Waals surface area (Å²) >= 11 is 7.39. The molecule has 0 aliphatic rings. The lowest BCUT2D eigenvalue weighted by atomic mass is 9.95. The first kappa shape index (κ1) is 27.2. The van der Waals surface area contributed by atoms with Gasteiger partial charge in [-0.2, -0.15) is 10.5 Å². The lowest BCUT2D eigenvalue weighted by Crippen LogP contribution is -2.12. The molecule has 0 aliphatic heterocycles. The zero-order chi connectivity index (χ0) is 27.2. The average Bonchev–Trinajstić information content (AvgIpc) is 3.41. The van der Waals surface area contributed by atoms with E-state index in [1.807, 2.05) is 43.3 Å². The lowest BCUT2D eigenvalue weighted by Gasteiger charge is -2.13. The molecule has 0 amide bonds. The number of aryl methyl sites for hydroxylation is 2. The van der Waals surface area contributed by atoms with Gasteiger partial charge in [0.25, 0.3) is 0 Å². The number of hydrogen-bond donors (Lipinski definition) is 3. The Balaban J connectivity index is 1.60. The first-order chi connectivity index (χ1) is 18.3. The Labute approximate surface area is 229 Å². The van der Waals surface area contributed by atoms with Crippen molar-refractivity contribution in [1.82, 2.24) is 9.97 Å². The van der Waals surface area contributed by atoms with Crippen LogP contribution in [0, 0.1) is 29.6 Å². The molecule has 8 nitrogen and oxygen atoms in total. The van der Waals surface area contributed by atoms with E-state index in [1.54, 1.807) is 12.3 Å². The van der Waals surface area contributed by atoms with E-state index in [0.717, 1.165) is 16.7 Å². The highest BCUT2D eigenvalue weighted by Gasteiger charge is 2.21. The molecule has 2 heterocycles. The van der Waals surface area contributed by atoms with Gasteiger partial charge in [0.15, 0.2) is 0 Å². The molecule has 0 bridgehead atoms. The van der Waals surface area contributed by atoms with Crippen LogP contribution < -0.4 is 5.73 Å². The molecule has 0 saturated heterocycles. The molecule has 10 heteroatoms. The van der Waals surface area contributed by atoms with E-state index in [-0.39, 0.29) is 23.6 Å². The summed E-state index contributed by atoms with van der Waals surface area (Å²) in [5, 5.41) is 39.5. The third kappa shape index (κ3) is 5.99. The molecule has 0 unspecified atom stereocenters. The van der Waals surface area contributed by atoms with E-state index in [0.29, 0.717) is 51.4 Å². The Morgan fingerprint density at radius 2 is 1.79 bits per heavy atom. The Morgan fingerprint density at radius 3 is 2.45 bits per heavy atom. The molecular formula is C28H24ClN5O3S. The van der Waals surface area contributed by atoms with E-state index < -0.39 is 6.10 Å². The van der Waals surface area contributed by atoms with Crippen LogP contribution in [0.15, 0.2) is 58.2 Å². The highest BCUT2D eigenvalue weighted by molar-refractivity contribution is 7.98. The molecule has 0 spiro atoms. The van der Waals surface area contributed by atoms with E-state index >= 15 is 0 Å². The number of aromatic nitrogens is 2. The Bertz CT molecular complexity index is 1540. The molecule has 192 valence electrons. The standard InChI is InChI=1S/C28H24ClN5O3S/c1-16-10-19(7-9-24(16)29)27-33-20(14-37-27)15-38-28-23(12-31)25(22(11-30)26(32)34-28)18-5-2-17(3-6-18)4-8-21(36)13-35/h2-3,5-7,9-10,14,21,35-36H,4,8,13,15H2,1H3,(H2,32,34)/t21-/m0/s1. The van der Waals surface area contributed by atoms with Crippen LogP contribution in [-0.2, 0) is 12.2 Å². The van der Waals surface area contributed by atoms with E-state index in [2.05, 4.69) is 22.1 Å². The quantitative estimate of drug-likeness (QED) is 0.239. The fourth-order valence-corrected chi connectivity index (χ4v) is 4.87. The van der Waals surface area contributed by atoms with Crippen molar-refractivity contribution in [2.45, 2.75) is 36.6 Å². The van der Waals surface area contributed by atoms with Crippen molar-refractivity contribution < 1.29 is 14.6 Å². The molecule has 2 aromatic carbocycles. The average molecular weight is 546 g/mol. The maximum Gasteiger partial charge on any atom is 0.226 e. The van der Waals surface area contributed by atoms with Crippen LogP contribution >= 0.6 is 23.4 Å². The summed E-state index contributed by atoms with van der Waals surface area (Å²) in [5.74, 6) is 0.867. The monoisotopic (exact) mass is 545 g/mol. The zero-order valence-electron chi connectivity index (χ0n) is 20.5. The molecule has 4 aromatic rings. The van der Waals surface area contributed by atoms with Gasteiger partial charge in [0.1, 0.15) is 34.8 Å². The van der Waals surface area contributed by atoms with Crippen molar-refractivity contribution in [2.24, 2.45) is 0 Å². The first-order valence-corrected chi connectivity index (χ1v) is 13.1. The van der Waals surface area contributed by atoms with Crippen LogP contribution in [0.4, 0.5) is 5.82 Å². The number of nitrogen functional groups attached to an aromatic ring is 1. The van der Waals surface area contributed by atoms with Crippen LogP contribution in [0.2, 0.25) is 5.02 Å². The summed E-state index contributed by atoms with van der Waals surface area (Å²) in [7, 11) is 0. The minimum Gasteiger partial charge on any atom is -0.444 e. The number of nitrogens with two attached hydrogens (primary N) is 1. The maximum absolute atomic E-state index is 10.0. The summed E-state index contributed by atoms with van der Waals surface area (Å²) in [6.45, 7) is 1.62. The molecule has 0 aliphatic carbocycles. The topological polar surface area (TPSA) is 153 Å². The van der Waals surface area contributed by atoms with E-state index in [1.165, 1.54) is 11.8 Å². The molecule has 4 rings (SSSR count). The predicted molar refractivity (Wildman–Crippen MR) is 146 cm³/mol. The number of benzene rings is 2. The number of hydrogen-bond acceptors (Lipinski definition) is 9. The molecule has 0 fully saturated rings. The number of aliphatic hydroxyl groups excluding tert-OH is 2. The van der Waals surface area contributed by atoms with Crippen LogP contribution in [0.25, 0.3) is 22.6 Å². The Kier molecular flexibility index (Phi) is 8.67. The van der Waals surface area contributed by atoms with Crippen LogP contribution in [0.3, 0.4) is 0 Å². The largest absolute Gasteiger partial charge is 0.444 e. The number of nitriles is 2. The molecule has 1 atom stereocenters. The van der Waals surface area contributed by atoms with Gasteiger partial charge < -0.3 is 20.4 Å². The van der Waals surface area contributed by atoms with Gasteiger partial charge in [-0.05, 0) is 54.7 Å². The van der Waals surface area contributed by atoms with Crippen molar-refractivity contribution in [1.29, 1.82) is 10.5 Å². The predicted octanol–water partition coefficient (Wildman–Crippen LogP) is 5.27. The van der Waals surface area contributed by atoms with E-state index in [9.17, 15) is 15.6 Å². The van der Waals surface area contributed by atoms with Crippen molar-refractivity contribution in [3.63, 3.8) is 0 Å². The summed E-state index contributed by atoms with van der Waals surface area (Å²) in [5.41, 5.74) is 10.9. The van der Waals surface area contributed by atoms with Gasteiger partial charge in [0.05, 0.1) is 24.0 Å². The third-order valence-electron chi connectivity index (χ3n) is 5.95. The molecule has 4 N–H and O–H groups in total. The number of aliphatic hydroxyl groups is 2. The zero-order valence-corrected chi connectivity index (χ0v) is 22.1. The molecule has 2 aromatic heterocycles. The van der Waals surface area contributed by atoms with Crippen LogP contribution in [0.5, 0.6) is 0 Å². The summed E-state index contributed by atoms with van der Waals surface area (Å²) < 4.78 is 5.65. The van der Waals surface area contributed by atoms with Crippen LogP contribution in [-0.4, -0.2) is 32.9 Å². The normalized spacial score (nSPS) is 11.6. The first-order valence-electron chi connectivity index (χ1n) is 11.7. The SMILES string of the molecule is Cc1cc(-c2nc(CSc3nc(N)c(C#N)c(-c4ccc(CC[C@H](O)CO)cc4)c3C#N)co2)ccc1Cl. The Morgan fingerprint density at radius 1 is 1.08 bits per heavy atom. The lowest BCUT2D eigenvalue weighted by molar-refractivity contribution is 0.0886. The van der Waals surface area contributed by atoms with Crippen molar-refractivity contribution in [3.8, 4) is 34.7 Å². The van der Waals surface area contributed by atoms with Crippen molar-refractivity contribution in [3.05, 3.63) is 81.7 Å². The minimum absolute atomic E-state index is 0.0385. The fourth-order valence-electron chi connectivity index (χ4n) is 3.88. The number of anilines is 1. The second kappa shape index (κ2) is 12.1. The smallest absolute Gasteiger partial charge is 0.226 e. The van der Waals surface area contributed by atoms with Crippen molar-refractivity contribution in [2.75, 3.05) is 12.3 Å². The second-order valence-electron chi connectivity index (χ2n) is 8.62. The van der Waals surface area contributed by atoms with E-state index in [4.69, 9.17) is 26.9 Å². The fraction of sp³-hybridized carbons (Fsp3) is 0.214. The van der Waals surface area contributed by atoms with Gasteiger partial charge in [0, 0.05) is 21.9 Å². The maximum atomic E-state index is 10.0. The molecular weight excluding hydrogens is 522 g/mol. The van der Waals surface area contributed by atoms with Crippen LogP contribution in [0.1, 0.15) is 34.4 Å². The number of halogens is 1. The summed E-state index contributed by atoms with van der Waals surface area (Å²) in [6.07, 6.45) is 1.78. The minimum atomic E-state index is -0.777. The van der Waals surface area contributed by atoms with Crippen molar-refractivity contribution >= 4 is 29.2 Å². The van der Waals surface area contributed by atoms with Gasteiger partial charge in [-0.3, -0.25) is 0 Å². The van der Waals surface area contributed by atoms with Gasteiger partial charge in [-0.1, -0.05) is 47.6 Å². The number of oxazole rings is 1. The summed E-state index contributed by atoms with van der Waals surface area (Å²) in [4.78, 5) is 8.90. The summed E-state index contributed by atoms with van der Waals surface area (Å²) in [6, 6.07) is 17.1. The number of nitrogens with zero attached hydrogens (tertiary/aromatic N) is 4. The van der Waals surface area contributed by atoms with Gasteiger partial charge in [-0.15, -0.1) is 0 Å². The van der Waals surface area contributed by atoms with Gasteiger partial charge in [0.2, 0.25) is 5.89 Å². The van der Waals surface area contributed by atoms with Gasteiger partial charge in [-0.25, -0.2) is 9.97 Å². The number of thioether (sulfide) groups is 1. The third-order valence-corrected chi connectivity index (χ3v) is 7.38. The number of pyridine rings is 1. The number of rotatable bonds is 9. The molecule has 38 heavy (non-hydrogen) atoms. The highest BCUT2D eigenvalue weighted by atomic mass is 35.5. The van der Waals surface area contributed by atoms with Gasteiger partial charge >= 0.3 is 0 Å². The molecule has 0 saturated carbocycles. The second-order valence-corrected chi connectivity index (χ2v) is 9.99. The highest BCUT2D eigenvalue weighted by Crippen LogP contribution is 2.37. The molecule has 0 radical (unpaired) electrons.